The molecule has 0 bridgehead atoms. The van der Waals surface area contributed by atoms with Crippen LogP contribution in [0.15, 0.2) is 4.34 Å². The zero-order chi connectivity index (χ0) is 10.6. The van der Waals surface area contributed by atoms with Gasteiger partial charge < -0.3 is 9.87 Å². The van der Waals surface area contributed by atoms with E-state index in [1.807, 2.05) is 6.92 Å². The Labute approximate surface area is 89.1 Å². The molecule has 0 saturated heterocycles. The minimum absolute atomic E-state index is 0.249. The first-order chi connectivity index (χ1) is 6.65. The molecule has 0 spiro atoms. The molecule has 1 N–H and O–H groups in total. The molecule has 0 aliphatic rings. The highest BCUT2D eigenvalue weighted by molar-refractivity contribution is 7.92. The van der Waals surface area contributed by atoms with Crippen LogP contribution in [0.3, 0.4) is 0 Å². The maximum absolute atomic E-state index is 11.3. The van der Waals surface area contributed by atoms with Gasteiger partial charge in [-0.1, -0.05) is 12.0 Å². The third kappa shape index (κ3) is 2.93. The van der Waals surface area contributed by atoms with Crippen molar-refractivity contribution in [2.75, 3.05) is 12.8 Å². The van der Waals surface area contributed by atoms with Gasteiger partial charge in [0.25, 0.3) is 5.91 Å². The van der Waals surface area contributed by atoms with Crippen molar-refractivity contribution >= 4 is 28.4 Å². The van der Waals surface area contributed by atoms with E-state index in [1.165, 1.54) is 6.26 Å². The number of amides is 1. The third-order valence-corrected chi connectivity index (χ3v) is 3.63. The Morgan fingerprint density at radius 3 is 2.86 bits per heavy atom. The van der Waals surface area contributed by atoms with Gasteiger partial charge in [-0.25, -0.2) is 0 Å². The summed E-state index contributed by atoms with van der Waals surface area (Å²) in [6, 6.07) is 0. The number of rotatable bonds is 4. The van der Waals surface area contributed by atoms with Gasteiger partial charge in [0.05, 0.1) is 0 Å². The van der Waals surface area contributed by atoms with Crippen molar-refractivity contribution < 1.29 is 9.35 Å². The van der Waals surface area contributed by atoms with E-state index in [2.05, 4.69) is 15.5 Å². The van der Waals surface area contributed by atoms with E-state index < -0.39 is 11.2 Å². The Morgan fingerprint density at radius 1 is 1.64 bits per heavy atom. The molecule has 0 aliphatic heterocycles. The molecule has 0 fully saturated rings. The summed E-state index contributed by atoms with van der Waals surface area (Å²) in [6.07, 6.45) is 2.38. The first kappa shape index (κ1) is 11.4. The Hall–Kier alpha value is -0.660. The van der Waals surface area contributed by atoms with Gasteiger partial charge in [-0.05, 0) is 17.8 Å². The van der Waals surface area contributed by atoms with Crippen LogP contribution in [0.4, 0.5) is 0 Å². The minimum atomic E-state index is -1.17. The number of nitrogens with zero attached hydrogens (tertiary/aromatic N) is 2. The molecule has 0 saturated carbocycles. The number of aromatic nitrogens is 2. The lowest BCUT2D eigenvalue weighted by atomic mass is 10.5. The predicted molar refractivity (Wildman–Crippen MR) is 54.9 cm³/mol. The van der Waals surface area contributed by atoms with Gasteiger partial charge in [0.2, 0.25) is 5.01 Å². The second-order valence-corrected chi connectivity index (χ2v) is 5.11. The SMILES string of the molecule is CCCNC(=O)c1nnc([S+](C)[O-])s1. The summed E-state index contributed by atoms with van der Waals surface area (Å²) in [6.45, 7) is 2.58. The maximum atomic E-state index is 11.3. The standard InChI is InChI=1S/C7H11N3O2S2/c1-3-4-8-5(11)6-9-10-7(13-6)14(2)12/h3-4H2,1-2H3,(H,8,11). The normalized spacial score (nSPS) is 12.5. The highest BCUT2D eigenvalue weighted by Crippen LogP contribution is 2.14. The van der Waals surface area contributed by atoms with Crippen molar-refractivity contribution in [2.24, 2.45) is 0 Å². The zero-order valence-electron chi connectivity index (χ0n) is 7.94. The van der Waals surface area contributed by atoms with Gasteiger partial charge in [-0.15, -0.1) is 5.10 Å². The molecule has 14 heavy (non-hydrogen) atoms. The van der Waals surface area contributed by atoms with Crippen LogP contribution in [0.25, 0.3) is 0 Å². The summed E-state index contributed by atoms with van der Waals surface area (Å²) < 4.78 is 11.4. The van der Waals surface area contributed by atoms with E-state index in [-0.39, 0.29) is 10.9 Å². The topological polar surface area (TPSA) is 77.9 Å². The van der Waals surface area contributed by atoms with E-state index >= 15 is 0 Å². The molecule has 78 valence electrons. The van der Waals surface area contributed by atoms with Crippen molar-refractivity contribution in [3.63, 3.8) is 0 Å². The summed E-state index contributed by atoms with van der Waals surface area (Å²) >= 11 is -0.100. The van der Waals surface area contributed by atoms with E-state index in [9.17, 15) is 9.35 Å². The predicted octanol–water partition coefficient (Wildman–Crippen LogP) is 0.415. The Bertz CT molecular complexity index is 314. The van der Waals surface area contributed by atoms with E-state index in [1.54, 1.807) is 0 Å². The molecule has 1 heterocycles. The van der Waals surface area contributed by atoms with Crippen LogP contribution < -0.4 is 5.32 Å². The van der Waals surface area contributed by atoms with Crippen LogP contribution in [0.2, 0.25) is 0 Å². The van der Waals surface area contributed by atoms with Crippen LogP contribution in [0.1, 0.15) is 23.1 Å². The molecule has 1 aromatic rings. The van der Waals surface area contributed by atoms with Crippen LogP contribution in [-0.2, 0) is 11.2 Å². The third-order valence-electron chi connectivity index (χ3n) is 1.38. The summed E-state index contributed by atoms with van der Waals surface area (Å²) in [5.41, 5.74) is 0. The second kappa shape index (κ2) is 5.28. The number of hydrogen-bond acceptors (Lipinski definition) is 5. The van der Waals surface area contributed by atoms with Gasteiger partial charge >= 0.3 is 4.34 Å². The number of nitrogens with one attached hydrogen (secondary N) is 1. The van der Waals surface area contributed by atoms with Crippen molar-refractivity contribution in [2.45, 2.75) is 17.7 Å². The monoisotopic (exact) mass is 233 g/mol. The smallest absolute Gasteiger partial charge is 0.322 e. The summed E-state index contributed by atoms with van der Waals surface area (Å²) in [5.74, 6) is -0.249. The first-order valence-corrected chi connectivity index (χ1v) is 6.47. The average Bonchev–Trinajstić information content (AvgIpc) is 2.62. The van der Waals surface area contributed by atoms with Gasteiger partial charge in [0.1, 0.15) is 6.26 Å². The second-order valence-electron chi connectivity index (χ2n) is 2.58. The van der Waals surface area contributed by atoms with Gasteiger partial charge in [-0.3, -0.25) is 4.79 Å². The quantitative estimate of drug-likeness (QED) is 0.764. The van der Waals surface area contributed by atoms with Crippen LogP contribution >= 0.6 is 11.3 Å². The van der Waals surface area contributed by atoms with E-state index in [4.69, 9.17) is 0 Å². The molecule has 1 amide bonds. The number of carbonyl (C=O) groups excluding carboxylic acids is 1. The van der Waals surface area contributed by atoms with Crippen molar-refractivity contribution in [1.82, 2.24) is 15.5 Å². The molecule has 0 radical (unpaired) electrons. The lowest BCUT2D eigenvalue weighted by Gasteiger charge is -1.97. The van der Waals surface area contributed by atoms with Crippen LogP contribution in [0, 0.1) is 0 Å². The summed E-state index contributed by atoms with van der Waals surface area (Å²) in [5, 5.41) is 10.2. The Balaban J connectivity index is 2.62. The lowest BCUT2D eigenvalue weighted by molar-refractivity contribution is 0.0952. The van der Waals surface area contributed by atoms with Gasteiger partial charge in [0, 0.05) is 17.7 Å². The fourth-order valence-electron chi connectivity index (χ4n) is 0.732. The van der Waals surface area contributed by atoms with Gasteiger partial charge in [0.15, 0.2) is 0 Å². The summed E-state index contributed by atoms with van der Waals surface area (Å²) in [4.78, 5) is 11.3. The van der Waals surface area contributed by atoms with Crippen molar-refractivity contribution in [1.29, 1.82) is 0 Å². The molecular formula is C7H11N3O2S2. The van der Waals surface area contributed by atoms with Crippen molar-refractivity contribution in [3.05, 3.63) is 5.01 Å². The fourth-order valence-corrected chi connectivity index (χ4v) is 2.09. The highest BCUT2D eigenvalue weighted by atomic mass is 32.2. The minimum Gasteiger partial charge on any atom is -0.610 e. The van der Waals surface area contributed by atoms with Crippen LogP contribution in [0.5, 0.6) is 0 Å². The number of carbonyl (C=O) groups is 1. The highest BCUT2D eigenvalue weighted by Gasteiger charge is 2.17. The lowest BCUT2D eigenvalue weighted by Crippen LogP contribution is -2.23. The molecule has 1 atom stereocenters. The molecule has 7 heteroatoms. The fraction of sp³-hybridized carbons (Fsp3) is 0.571. The molecular weight excluding hydrogens is 222 g/mol. The Morgan fingerprint density at radius 2 is 2.36 bits per heavy atom. The molecule has 5 nitrogen and oxygen atoms in total. The average molecular weight is 233 g/mol. The van der Waals surface area contributed by atoms with Crippen LogP contribution in [-0.4, -0.2) is 33.5 Å². The number of hydrogen-bond donors (Lipinski definition) is 1. The molecule has 1 rings (SSSR count). The summed E-state index contributed by atoms with van der Waals surface area (Å²) in [7, 11) is 0. The first-order valence-electron chi connectivity index (χ1n) is 4.10. The Kier molecular flexibility index (Phi) is 4.30. The maximum Gasteiger partial charge on any atom is 0.322 e. The van der Waals surface area contributed by atoms with Gasteiger partial charge in [-0.2, -0.15) is 0 Å². The van der Waals surface area contributed by atoms with E-state index in [0.717, 1.165) is 17.8 Å². The molecule has 0 aromatic carbocycles. The molecule has 0 aliphatic carbocycles. The molecule has 1 unspecified atom stereocenters. The molecule has 1 aromatic heterocycles. The van der Waals surface area contributed by atoms with Crippen molar-refractivity contribution in [3.8, 4) is 0 Å². The largest absolute Gasteiger partial charge is 0.610 e. The van der Waals surface area contributed by atoms with E-state index in [0.29, 0.717) is 10.9 Å². The zero-order valence-corrected chi connectivity index (χ0v) is 9.57.